The van der Waals surface area contributed by atoms with E-state index >= 15 is 0 Å². The van der Waals surface area contributed by atoms with Crippen molar-refractivity contribution >= 4 is 5.96 Å². The number of benzene rings is 1. The second-order valence-corrected chi connectivity index (χ2v) is 6.61. The van der Waals surface area contributed by atoms with Gasteiger partial charge in [-0.2, -0.15) is 5.10 Å². The number of H-pyrrole nitrogens is 1. The van der Waals surface area contributed by atoms with Gasteiger partial charge in [0.25, 0.3) is 0 Å². The summed E-state index contributed by atoms with van der Waals surface area (Å²) in [6.07, 6.45) is 1.03. The predicted molar refractivity (Wildman–Crippen MR) is 115 cm³/mol. The van der Waals surface area contributed by atoms with Crippen molar-refractivity contribution in [3.63, 3.8) is 0 Å². The molecule has 0 bridgehead atoms. The highest BCUT2D eigenvalue weighted by Gasteiger charge is 2.07. The maximum atomic E-state index is 5.18. The molecule has 2 aromatic rings. The van der Waals surface area contributed by atoms with Gasteiger partial charge in [0.15, 0.2) is 11.8 Å². The zero-order chi connectivity index (χ0) is 20.9. The van der Waals surface area contributed by atoms with Crippen molar-refractivity contribution in [3.05, 3.63) is 30.1 Å². The fourth-order valence-electron chi connectivity index (χ4n) is 2.69. The summed E-state index contributed by atoms with van der Waals surface area (Å²) in [5, 5.41) is 13.8. The number of nitrogens with one attached hydrogen (secondary N) is 3. The van der Waals surface area contributed by atoms with E-state index in [1.165, 1.54) is 0 Å². The fourth-order valence-corrected chi connectivity index (χ4v) is 2.69. The van der Waals surface area contributed by atoms with Gasteiger partial charge >= 0.3 is 0 Å². The Hall–Kier alpha value is -2.65. The van der Waals surface area contributed by atoms with E-state index < -0.39 is 0 Å². The highest BCUT2D eigenvalue weighted by molar-refractivity contribution is 5.79. The van der Waals surface area contributed by atoms with E-state index in [-0.39, 0.29) is 0 Å². The number of guanidine groups is 1. The number of rotatable bonds is 12. The van der Waals surface area contributed by atoms with Gasteiger partial charge in [-0.25, -0.2) is 9.98 Å². The molecular weight excluding hydrogens is 370 g/mol. The quantitative estimate of drug-likeness (QED) is 0.281. The fraction of sp³-hybridized carbons (Fsp3) is 0.550. The van der Waals surface area contributed by atoms with Crippen LogP contribution in [0.2, 0.25) is 0 Å². The summed E-state index contributed by atoms with van der Waals surface area (Å²) >= 11 is 0. The van der Waals surface area contributed by atoms with Gasteiger partial charge in [-0.15, -0.1) is 0 Å². The zero-order valence-corrected chi connectivity index (χ0v) is 17.9. The van der Waals surface area contributed by atoms with Crippen LogP contribution in [-0.2, 0) is 11.3 Å². The van der Waals surface area contributed by atoms with Gasteiger partial charge in [-0.05, 0) is 44.7 Å². The van der Waals surface area contributed by atoms with Gasteiger partial charge in [0, 0.05) is 45.5 Å². The Bertz CT molecular complexity index is 731. The molecule has 9 nitrogen and oxygen atoms in total. The van der Waals surface area contributed by atoms with E-state index in [1.807, 2.05) is 31.2 Å². The van der Waals surface area contributed by atoms with Crippen molar-refractivity contribution in [3.8, 4) is 17.1 Å². The standard InChI is InChI=1S/C20H33N7O2/c1-5-21-20(22-11-13-27(2)12-6-14-28-3)23-15-18-24-19(26-25-18)16-7-9-17(29-4)10-8-16/h7-10H,5-6,11-15H2,1-4H3,(H2,21,22,23)(H,24,25,26). The third-order valence-electron chi connectivity index (χ3n) is 4.29. The first-order valence-corrected chi connectivity index (χ1v) is 9.91. The molecule has 0 radical (unpaired) electrons. The summed E-state index contributed by atoms with van der Waals surface area (Å²) in [7, 11) is 5.49. The SMILES string of the molecule is CCNC(=NCc1nc(-c2ccc(OC)cc2)n[nH]1)NCCN(C)CCCOC. The summed E-state index contributed by atoms with van der Waals surface area (Å²) in [6, 6.07) is 7.65. The molecule has 0 saturated carbocycles. The normalized spacial score (nSPS) is 11.7. The average molecular weight is 404 g/mol. The van der Waals surface area contributed by atoms with Crippen molar-refractivity contribution in [1.29, 1.82) is 0 Å². The van der Waals surface area contributed by atoms with Crippen LogP contribution in [0.5, 0.6) is 5.75 Å². The van der Waals surface area contributed by atoms with Crippen LogP contribution >= 0.6 is 0 Å². The molecule has 0 amide bonds. The third-order valence-corrected chi connectivity index (χ3v) is 4.29. The maximum absolute atomic E-state index is 5.18. The molecule has 3 N–H and O–H groups in total. The van der Waals surface area contributed by atoms with Crippen LogP contribution in [0.1, 0.15) is 19.2 Å². The topological polar surface area (TPSA) is 99.7 Å². The lowest BCUT2D eigenvalue weighted by atomic mass is 10.2. The van der Waals surface area contributed by atoms with Crippen molar-refractivity contribution in [2.75, 3.05) is 54.1 Å². The molecule has 9 heteroatoms. The summed E-state index contributed by atoms with van der Waals surface area (Å²) < 4.78 is 10.3. The van der Waals surface area contributed by atoms with E-state index in [9.17, 15) is 0 Å². The molecule has 1 aromatic heterocycles. The largest absolute Gasteiger partial charge is 0.497 e. The van der Waals surface area contributed by atoms with Crippen LogP contribution in [0, 0.1) is 0 Å². The smallest absolute Gasteiger partial charge is 0.191 e. The number of ether oxygens (including phenoxy) is 2. The molecule has 0 spiro atoms. The second-order valence-electron chi connectivity index (χ2n) is 6.61. The number of methoxy groups -OCH3 is 2. The Morgan fingerprint density at radius 2 is 1.97 bits per heavy atom. The van der Waals surface area contributed by atoms with Gasteiger partial charge in [0.1, 0.15) is 18.1 Å². The zero-order valence-electron chi connectivity index (χ0n) is 17.9. The van der Waals surface area contributed by atoms with Gasteiger partial charge in [-0.1, -0.05) is 0 Å². The van der Waals surface area contributed by atoms with Crippen LogP contribution < -0.4 is 15.4 Å². The molecule has 0 aliphatic rings. The maximum Gasteiger partial charge on any atom is 0.191 e. The van der Waals surface area contributed by atoms with Crippen LogP contribution in [0.15, 0.2) is 29.3 Å². The molecule has 0 atom stereocenters. The molecule has 0 saturated heterocycles. The van der Waals surface area contributed by atoms with E-state index in [0.29, 0.717) is 18.2 Å². The van der Waals surface area contributed by atoms with Crippen LogP contribution in [0.4, 0.5) is 0 Å². The first kappa shape index (κ1) is 22.6. The van der Waals surface area contributed by atoms with Gasteiger partial charge in [0.2, 0.25) is 0 Å². The van der Waals surface area contributed by atoms with Gasteiger partial charge in [0.05, 0.1) is 7.11 Å². The minimum Gasteiger partial charge on any atom is -0.497 e. The molecule has 1 aromatic carbocycles. The Balaban J connectivity index is 1.85. The number of hydrogen-bond acceptors (Lipinski definition) is 6. The average Bonchev–Trinajstić information content (AvgIpc) is 3.21. The lowest BCUT2D eigenvalue weighted by molar-refractivity contribution is 0.180. The molecule has 0 fully saturated rings. The second kappa shape index (κ2) is 12.7. The lowest BCUT2D eigenvalue weighted by Gasteiger charge is -2.18. The first-order valence-electron chi connectivity index (χ1n) is 9.91. The van der Waals surface area contributed by atoms with Gasteiger partial charge in [-0.3, -0.25) is 5.10 Å². The Morgan fingerprint density at radius 3 is 2.66 bits per heavy atom. The number of aliphatic imine (C=N–C) groups is 1. The summed E-state index contributed by atoms with van der Waals surface area (Å²) in [5.74, 6) is 2.93. The Labute approximate surface area is 172 Å². The number of likely N-dealkylation sites (N-methyl/N-ethyl adjacent to an activating group) is 1. The first-order chi connectivity index (χ1) is 14.2. The Morgan fingerprint density at radius 1 is 1.17 bits per heavy atom. The molecule has 1 heterocycles. The minimum atomic E-state index is 0.419. The van der Waals surface area contributed by atoms with E-state index in [4.69, 9.17) is 9.47 Å². The predicted octanol–water partition coefficient (Wildman–Crippen LogP) is 1.50. The Kier molecular flexibility index (Phi) is 9.94. The highest BCUT2D eigenvalue weighted by Crippen LogP contribution is 2.18. The molecule has 160 valence electrons. The van der Waals surface area contributed by atoms with Gasteiger partial charge < -0.3 is 25.0 Å². The molecule has 2 rings (SSSR count). The monoisotopic (exact) mass is 403 g/mol. The van der Waals surface area contributed by atoms with Crippen molar-refractivity contribution < 1.29 is 9.47 Å². The number of aromatic amines is 1. The van der Waals surface area contributed by atoms with Crippen LogP contribution in [-0.4, -0.2) is 80.1 Å². The van der Waals surface area contributed by atoms with E-state index in [1.54, 1.807) is 14.2 Å². The number of hydrogen-bond donors (Lipinski definition) is 3. The third kappa shape index (κ3) is 8.08. The number of nitrogens with zero attached hydrogens (tertiary/aromatic N) is 4. The molecule has 29 heavy (non-hydrogen) atoms. The van der Waals surface area contributed by atoms with E-state index in [0.717, 1.165) is 56.5 Å². The molecular formula is C20H33N7O2. The van der Waals surface area contributed by atoms with E-state index in [2.05, 4.69) is 42.8 Å². The number of aromatic nitrogens is 3. The van der Waals surface area contributed by atoms with Crippen molar-refractivity contribution in [2.24, 2.45) is 4.99 Å². The molecule has 0 unspecified atom stereocenters. The molecule has 0 aliphatic carbocycles. The summed E-state index contributed by atoms with van der Waals surface area (Å²) in [4.78, 5) is 11.4. The molecule has 0 aliphatic heterocycles. The highest BCUT2D eigenvalue weighted by atomic mass is 16.5. The van der Waals surface area contributed by atoms with Crippen molar-refractivity contribution in [1.82, 2.24) is 30.7 Å². The van der Waals surface area contributed by atoms with Crippen LogP contribution in [0.3, 0.4) is 0 Å². The van der Waals surface area contributed by atoms with Crippen LogP contribution in [0.25, 0.3) is 11.4 Å². The summed E-state index contributed by atoms with van der Waals surface area (Å²) in [6.45, 7) is 6.79. The minimum absolute atomic E-state index is 0.419. The summed E-state index contributed by atoms with van der Waals surface area (Å²) in [5.41, 5.74) is 0.929. The lowest BCUT2D eigenvalue weighted by Crippen LogP contribution is -2.41. The van der Waals surface area contributed by atoms with Crippen molar-refractivity contribution in [2.45, 2.75) is 19.9 Å².